The average molecular weight is 705 g/mol. The molecule has 0 fully saturated rings. The Morgan fingerprint density at radius 1 is 0.265 bits per heavy atom. The molecule has 6 aromatic carbocycles. The van der Waals surface area contributed by atoms with E-state index >= 15 is 0 Å². The molecule has 0 amide bonds. The van der Waals surface area contributed by atoms with Crippen LogP contribution >= 0.6 is 20.5 Å². The molecule has 0 atom stereocenters. The van der Waals surface area contributed by atoms with E-state index < -0.39 is 27.8 Å². The fraction of sp³-hybridized carbons (Fsp3) is 0.143. The van der Waals surface area contributed by atoms with Crippen LogP contribution in [-0.2, 0) is 13.3 Å². The van der Waals surface area contributed by atoms with Gasteiger partial charge in [0.2, 0.25) is 0 Å². The SMILES string of the molecule is CP(C)(OB(OP(C)(C)(c1ccccc1)c1ccccc1)OP(C)(C)(c1ccccc1)c1ccccc1)(c1ccccc1)c1ccccc1. The molecule has 0 N–H and O–H groups in total. The summed E-state index contributed by atoms with van der Waals surface area (Å²) in [7, 11) is -1.06. The first-order chi connectivity index (χ1) is 23.3. The predicted molar refractivity (Wildman–Crippen MR) is 222 cm³/mol. The molecule has 0 aliphatic rings. The van der Waals surface area contributed by atoms with Gasteiger partial charge < -0.3 is 0 Å². The molecule has 0 heterocycles. The van der Waals surface area contributed by atoms with Crippen molar-refractivity contribution in [1.82, 2.24) is 0 Å². The van der Waals surface area contributed by atoms with Crippen molar-refractivity contribution in [3.8, 4) is 0 Å². The first kappa shape index (κ1) is 35.4. The van der Waals surface area contributed by atoms with Gasteiger partial charge in [-0.05, 0) is 0 Å². The molecule has 0 aliphatic carbocycles. The molecule has 0 unspecified atom stereocenters. The van der Waals surface area contributed by atoms with Crippen LogP contribution in [0.15, 0.2) is 182 Å². The van der Waals surface area contributed by atoms with E-state index in [0.29, 0.717) is 0 Å². The Balaban J connectivity index is 1.63. The number of hydrogen-bond donors (Lipinski definition) is 0. The summed E-state index contributed by atoms with van der Waals surface area (Å²) in [6, 6.07) is 63.6. The summed E-state index contributed by atoms with van der Waals surface area (Å²) in [5.74, 6) is 0. The third-order valence-electron chi connectivity index (χ3n) is 10.2. The van der Waals surface area contributed by atoms with Crippen LogP contribution in [0.1, 0.15) is 0 Å². The van der Waals surface area contributed by atoms with Crippen LogP contribution in [0.5, 0.6) is 0 Å². The number of rotatable bonds is 12. The van der Waals surface area contributed by atoms with Crippen LogP contribution in [0.25, 0.3) is 0 Å². The van der Waals surface area contributed by atoms with Crippen molar-refractivity contribution in [3.63, 3.8) is 0 Å². The minimum atomic E-state index is -3.46. The van der Waals surface area contributed by atoms with Crippen LogP contribution < -0.4 is 31.8 Å². The van der Waals surface area contributed by atoms with Crippen molar-refractivity contribution in [2.24, 2.45) is 0 Å². The maximum atomic E-state index is 7.76. The van der Waals surface area contributed by atoms with Gasteiger partial charge in [-0.3, -0.25) is 0 Å². The Kier molecular flexibility index (Phi) is 9.41. The molecule has 6 aromatic rings. The molecule has 0 radical (unpaired) electrons. The van der Waals surface area contributed by atoms with E-state index in [9.17, 15) is 0 Å². The summed E-state index contributed by atoms with van der Waals surface area (Å²) in [5, 5.41) is 6.73. The van der Waals surface area contributed by atoms with Gasteiger partial charge in [0.1, 0.15) is 0 Å². The standard InChI is InChI=1S/C42H48BO3P3/c1-47(2,37-25-13-7-14-26-37,38-27-15-8-16-28-38)44-43(45-48(3,4,39-29-17-9-18-30-39)40-31-19-10-20-32-40)46-49(5,6,41-33-21-11-22-34-41)42-35-23-12-24-36-42/h7-36H,1-6H3. The third kappa shape index (κ3) is 6.60. The second kappa shape index (κ2) is 13.0. The Hall–Kier alpha value is -3.45. The van der Waals surface area contributed by atoms with Gasteiger partial charge in [-0.25, -0.2) is 0 Å². The topological polar surface area (TPSA) is 27.7 Å². The third-order valence-corrected chi connectivity index (χ3v) is 23.5. The Bertz CT molecular complexity index is 1630. The van der Waals surface area contributed by atoms with Gasteiger partial charge in [0.15, 0.2) is 0 Å². The first-order valence-electron chi connectivity index (χ1n) is 16.7. The molecular formula is C42H48BO3P3. The van der Waals surface area contributed by atoms with Crippen LogP contribution in [0.3, 0.4) is 0 Å². The summed E-state index contributed by atoms with van der Waals surface area (Å²) in [5.41, 5.74) is 0. The van der Waals surface area contributed by atoms with Crippen LogP contribution in [0.2, 0.25) is 0 Å². The second-order valence-electron chi connectivity index (χ2n) is 14.6. The van der Waals surface area contributed by atoms with Gasteiger partial charge >= 0.3 is 295 Å². The van der Waals surface area contributed by atoms with E-state index in [2.05, 4.69) is 222 Å². The second-order valence-corrected chi connectivity index (χ2v) is 30.4. The van der Waals surface area contributed by atoms with E-state index in [0.717, 1.165) is 31.8 Å². The molecule has 252 valence electrons. The molecule has 0 saturated carbocycles. The van der Waals surface area contributed by atoms with E-state index in [1.54, 1.807) is 0 Å². The predicted octanol–water partition coefficient (Wildman–Crippen LogP) is 8.16. The molecule has 0 saturated heterocycles. The maximum absolute atomic E-state index is 7.76. The average Bonchev–Trinajstić information content (AvgIpc) is 3.14. The van der Waals surface area contributed by atoms with Gasteiger partial charge in [0.05, 0.1) is 0 Å². The summed E-state index contributed by atoms with van der Waals surface area (Å²) < 4.78 is 23.3. The zero-order valence-corrected chi connectivity index (χ0v) is 32.1. The van der Waals surface area contributed by atoms with Gasteiger partial charge in [-0.1, -0.05) is 0 Å². The summed E-state index contributed by atoms with van der Waals surface area (Å²) in [6.07, 6.45) is 0. The van der Waals surface area contributed by atoms with Gasteiger partial charge in [0, 0.05) is 0 Å². The summed E-state index contributed by atoms with van der Waals surface area (Å²) in [4.78, 5) is 0. The van der Waals surface area contributed by atoms with Crippen LogP contribution in [0, 0.1) is 0 Å². The van der Waals surface area contributed by atoms with Crippen LogP contribution in [-0.4, -0.2) is 47.3 Å². The zero-order valence-electron chi connectivity index (χ0n) is 29.5. The van der Waals surface area contributed by atoms with Gasteiger partial charge in [-0.2, -0.15) is 0 Å². The molecular weight excluding hydrogens is 656 g/mol. The van der Waals surface area contributed by atoms with Crippen molar-refractivity contribution in [3.05, 3.63) is 182 Å². The van der Waals surface area contributed by atoms with Crippen molar-refractivity contribution in [1.29, 1.82) is 0 Å². The number of hydrogen-bond acceptors (Lipinski definition) is 3. The van der Waals surface area contributed by atoms with E-state index in [4.69, 9.17) is 13.3 Å². The Labute approximate surface area is 293 Å². The van der Waals surface area contributed by atoms with Crippen molar-refractivity contribution >= 4 is 59.6 Å². The minimum absolute atomic E-state index is 1.06. The van der Waals surface area contributed by atoms with Gasteiger partial charge in [-0.15, -0.1) is 0 Å². The molecule has 6 rings (SSSR count). The monoisotopic (exact) mass is 704 g/mol. The Morgan fingerprint density at radius 3 is 0.551 bits per heavy atom. The van der Waals surface area contributed by atoms with Crippen molar-refractivity contribution in [2.75, 3.05) is 40.0 Å². The van der Waals surface area contributed by atoms with E-state index in [1.807, 2.05) is 0 Å². The normalized spacial score (nSPS) is 14.7. The van der Waals surface area contributed by atoms with Crippen molar-refractivity contribution in [2.45, 2.75) is 0 Å². The number of benzene rings is 6. The molecule has 0 aromatic heterocycles. The Morgan fingerprint density at radius 2 is 0.408 bits per heavy atom. The summed E-state index contributed by atoms with van der Waals surface area (Å²) in [6.45, 7) is 3.23. The molecule has 3 nitrogen and oxygen atoms in total. The fourth-order valence-electron chi connectivity index (χ4n) is 6.81. The van der Waals surface area contributed by atoms with Crippen molar-refractivity contribution < 1.29 is 13.3 Å². The first-order valence-corrected chi connectivity index (χ1v) is 25.9. The van der Waals surface area contributed by atoms with E-state index in [-0.39, 0.29) is 0 Å². The molecule has 0 bridgehead atoms. The van der Waals surface area contributed by atoms with Crippen LogP contribution in [0.4, 0.5) is 0 Å². The summed E-state index contributed by atoms with van der Waals surface area (Å²) >= 11 is 0. The molecule has 7 heteroatoms. The molecule has 49 heavy (non-hydrogen) atoms. The molecule has 0 aliphatic heterocycles. The van der Waals surface area contributed by atoms with E-state index in [1.165, 1.54) is 0 Å². The quantitative estimate of drug-likeness (QED) is 0.0952. The van der Waals surface area contributed by atoms with Gasteiger partial charge in [0.25, 0.3) is 0 Å². The zero-order chi connectivity index (χ0) is 34.7. The fourth-order valence-corrected chi connectivity index (χ4v) is 16.7. The molecule has 0 spiro atoms.